The van der Waals surface area contributed by atoms with Gasteiger partial charge in [-0.3, -0.25) is 9.59 Å². The number of nitrogens with zero attached hydrogens (tertiary/aromatic N) is 2. The van der Waals surface area contributed by atoms with E-state index in [4.69, 9.17) is 16.3 Å². The smallest absolute Gasteiger partial charge is 0.257 e. The summed E-state index contributed by atoms with van der Waals surface area (Å²) >= 11 is 5.98. The van der Waals surface area contributed by atoms with Crippen LogP contribution in [-0.4, -0.2) is 54.9 Å². The lowest BCUT2D eigenvalue weighted by Crippen LogP contribution is -2.51. The summed E-state index contributed by atoms with van der Waals surface area (Å²) < 4.78 is 5.24. The second kappa shape index (κ2) is 6.16. The predicted octanol–water partition coefficient (Wildman–Crippen LogP) is 2.04. The van der Waals surface area contributed by atoms with Crippen LogP contribution >= 0.6 is 11.6 Å². The summed E-state index contributed by atoms with van der Waals surface area (Å²) in [5.41, 5.74) is 0.469. The largest absolute Gasteiger partial charge is 0.496 e. The summed E-state index contributed by atoms with van der Waals surface area (Å²) in [7, 11) is 1.53. The molecule has 5 nitrogen and oxygen atoms in total. The van der Waals surface area contributed by atoms with Crippen molar-refractivity contribution in [3.8, 4) is 5.75 Å². The van der Waals surface area contributed by atoms with Crippen LogP contribution in [0.25, 0.3) is 0 Å². The van der Waals surface area contributed by atoms with Gasteiger partial charge in [0, 0.05) is 37.1 Å². The first kappa shape index (κ1) is 15.2. The van der Waals surface area contributed by atoms with E-state index in [0.717, 1.165) is 12.8 Å². The van der Waals surface area contributed by atoms with Crippen LogP contribution in [0.5, 0.6) is 5.75 Å². The maximum absolute atomic E-state index is 12.6. The van der Waals surface area contributed by atoms with Crippen molar-refractivity contribution in [3.05, 3.63) is 28.8 Å². The van der Waals surface area contributed by atoms with Crippen LogP contribution in [0.15, 0.2) is 18.2 Å². The molecule has 0 bridgehead atoms. The second-order valence-corrected chi connectivity index (χ2v) is 6.17. The zero-order valence-electron chi connectivity index (χ0n) is 12.5. The number of carbonyl (C=O) groups excluding carboxylic acids is 2. The van der Waals surface area contributed by atoms with Gasteiger partial charge in [0.2, 0.25) is 5.91 Å². The molecule has 1 aromatic rings. The highest BCUT2D eigenvalue weighted by Gasteiger charge is 2.35. The third-order valence-electron chi connectivity index (χ3n) is 4.20. The molecule has 2 aliphatic rings. The number of carbonyl (C=O) groups is 2. The van der Waals surface area contributed by atoms with Gasteiger partial charge in [0.1, 0.15) is 5.75 Å². The minimum absolute atomic E-state index is 0.0992. The zero-order chi connectivity index (χ0) is 15.7. The summed E-state index contributed by atoms with van der Waals surface area (Å²) in [5, 5.41) is 0.506. The Labute approximate surface area is 134 Å². The molecule has 0 atom stereocenters. The van der Waals surface area contributed by atoms with Gasteiger partial charge in [0.25, 0.3) is 5.91 Å². The fourth-order valence-electron chi connectivity index (χ4n) is 2.74. The highest BCUT2D eigenvalue weighted by Crippen LogP contribution is 2.31. The predicted molar refractivity (Wildman–Crippen MR) is 83.2 cm³/mol. The minimum Gasteiger partial charge on any atom is -0.496 e. The van der Waals surface area contributed by atoms with E-state index in [1.807, 2.05) is 4.90 Å². The molecular formula is C16H19ClN2O3. The highest BCUT2D eigenvalue weighted by atomic mass is 35.5. The van der Waals surface area contributed by atoms with E-state index in [2.05, 4.69) is 0 Å². The molecule has 1 aliphatic heterocycles. The minimum atomic E-state index is -0.0992. The molecule has 3 rings (SSSR count). The van der Waals surface area contributed by atoms with Crippen molar-refractivity contribution >= 4 is 23.4 Å². The first-order chi connectivity index (χ1) is 10.6. The van der Waals surface area contributed by atoms with Crippen molar-refractivity contribution in [2.75, 3.05) is 33.3 Å². The van der Waals surface area contributed by atoms with Gasteiger partial charge in [-0.25, -0.2) is 0 Å². The van der Waals surface area contributed by atoms with Crippen molar-refractivity contribution in [1.82, 2.24) is 9.80 Å². The molecule has 1 aromatic carbocycles. The number of halogens is 1. The van der Waals surface area contributed by atoms with Gasteiger partial charge >= 0.3 is 0 Å². The zero-order valence-corrected chi connectivity index (χ0v) is 13.3. The van der Waals surface area contributed by atoms with Crippen LogP contribution in [0.4, 0.5) is 0 Å². The van der Waals surface area contributed by atoms with E-state index >= 15 is 0 Å². The van der Waals surface area contributed by atoms with Crippen molar-refractivity contribution in [3.63, 3.8) is 0 Å². The first-order valence-corrected chi connectivity index (χ1v) is 7.89. The fourth-order valence-corrected chi connectivity index (χ4v) is 2.91. The summed E-state index contributed by atoms with van der Waals surface area (Å²) in [4.78, 5) is 28.3. The Bertz CT molecular complexity index is 593. The van der Waals surface area contributed by atoms with Gasteiger partial charge in [-0.05, 0) is 31.0 Å². The van der Waals surface area contributed by atoms with Gasteiger partial charge in [0.05, 0.1) is 12.7 Å². The lowest BCUT2D eigenvalue weighted by Gasteiger charge is -2.35. The van der Waals surface area contributed by atoms with Crippen molar-refractivity contribution in [2.24, 2.45) is 5.92 Å². The summed E-state index contributed by atoms with van der Waals surface area (Å²) in [5.74, 6) is 0.895. The molecule has 22 heavy (non-hydrogen) atoms. The number of hydrogen-bond donors (Lipinski definition) is 0. The fraction of sp³-hybridized carbons (Fsp3) is 0.500. The van der Waals surface area contributed by atoms with Crippen LogP contribution in [0, 0.1) is 5.92 Å². The Morgan fingerprint density at radius 2 is 1.77 bits per heavy atom. The summed E-state index contributed by atoms with van der Waals surface area (Å²) in [6.07, 6.45) is 2.02. The quantitative estimate of drug-likeness (QED) is 0.855. The normalized spacial score (nSPS) is 18.3. The van der Waals surface area contributed by atoms with Gasteiger partial charge < -0.3 is 14.5 Å². The Morgan fingerprint density at radius 3 is 2.36 bits per heavy atom. The maximum Gasteiger partial charge on any atom is 0.257 e. The number of rotatable bonds is 3. The van der Waals surface area contributed by atoms with E-state index in [1.54, 1.807) is 23.1 Å². The van der Waals surface area contributed by atoms with E-state index in [1.165, 1.54) is 7.11 Å². The summed E-state index contributed by atoms with van der Waals surface area (Å²) in [6.45, 7) is 2.30. The molecular weight excluding hydrogens is 304 g/mol. The monoisotopic (exact) mass is 322 g/mol. The molecule has 0 unspecified atom stereocenters. The SMILES string of the molecule is COc1ccc(Cl)cc1C(=O)N1CCN(C(=O)C2CC2)CC1. The van der Waals surface area contributed by atoms with Crippen molar-refractivity contribution in [1.29, 1.82) is 0 Å². The molecule has 0 spiro atoms. The average molecular weight is 323 g/mol. The Morgan fingerprint density at radius 1 is 1.14 bits per heavy atom. The molecule has 0 N–H and O–H groups in total. The molecule has 6 heteroatoms. The van der Waals surface area contributed by atoms with Crippen LogP contribution in [0.3, 0.4) is 0 Å². The number of hydrogen-bond acceptors (Lipinski definition) is 3. The van der Waals surface area contributed by atoms with Gasteiger partial charge in [-0.2, -0.15) is 0 Å². The van der Waals surface area contributed by atoms with Crippen LogP contribution in [-0.2, 0) is 4.79 Å². The number of methoxy groups -OCH3 is 1. The van der Waals surface area contributed by atoms with Crippen LogP contribution in [0.2, 0.25) is 5.02 Å². The third kappa shape index (κ3) is 3.04. The Kier molecular flexibility index (Phi) is 4.25. The molecule has 1 saturated heterocycles. The lowest BCUT2D eigenvalue weighted by molar-refractivity contribution is -0.134. The van der Waals surface area contributed by atoms with Gasteiger partial charge in [-0.15, -0.1) is 0 Å². The van der Waals surface area contributed by atoms with Gasteiger partial charge in [0.15, 0.2) is 0 Å². The van der Waals surface area contributed by atoms with Crippen molar-refractivity contribution in [2.45, 2.75) is 12.8 Å². The number of ether oxygens (including phenoxy) is 1. The molecule has 1 aliphatic carbocycles. The summed E-state index contributed by atoms with van der Waals surface area (Å²) in [6, 6.07) is 5.02. The van der Waals surface area contributed by atoms with E-state index in [-0.39, 0.29) is 17.7 Å². The van der Waals surface area contributed by atoms with E-state index in [9.17, 15) is 9.59 Å². The Hall–Kier alpha value is -1.75. The molecule has 2 amide bonds. The molecule has 1 saturated carbocycles. The average Bonchev–Trinajstić information content (AvgIpc) is 3.38. The van der Waals surface area contributed by atoms with Crippen LogP contribution in [0.1, 0.15) is 23.2 Å². The number of amides is 2. The molecule has 0 radical (unpaired) electrons. The first-order valence-electron chi connectivity index (χ1n) is 7.51. The number of benzene rings is 1. The van der Waals surface area contributed by atoms with Crippen molar-refractivity contribution < 1.29 is 14.3 Å². The van der Waals surface area contributed by atoms with Crippen LogP contribution < -0.4 is 4.74 Å². The molecule has 1 heterocycles. The molecule has 2 fully saturated rings. The molecule has 118 valence electrons. The third-order valence-corrected chi connectivity index (χ3v) is 4.43. The molecule has 0 aromatic heterocycles. The number of piperazine rings is 1. The van der Waals surface area contributed by atoms with E-state index < -0.39 is 0 Å². The Balaban J connectivity index is 1.66. The van der Waals surface area contributed by atoms with E-state index in [0.29, 0.717) is 42.5 Å². The topological polar surface area (TPSA) is 49.9 Å². The maximum atomic E-state index is 12.6. The van der Waals surface area contributed by atoms with Gasteiger partial charge in [-0.1, -0.05) is 11.6 Å². The standard InChI is InChI=1S/C16H19ClN2O3/c1-22-14-5-4-12(17)10-13(14)16(21)19-8-6-18(7-9-19)15(20)11-2-3-11/h4-5,10-11H,2-3,6-9H2,1H3. The lowest BCUT2D eigenvalue weighted by atomic mass is 10.1. The second-order valence-electron chi connectivity index (χ2n) is 5.74. The highest BCUT2D eigenvalue weighted by molar-refractivity contribution is 6.31.